The number of alkyl carbamates (subject to hydrolysis) is 1. The summed E-state index contributed by atoms with van der Waals surface area (Å²) in [6, 6.07) is 16.1. The molecule has 2 rings (SSSR count). The van der Waals surface area contributed by atoms with E-state index in [0.717, 1.165) is 17.4 Å². The molecule has 0 bridgehead atoms. The fraction of sp³-hybridized carbons (Fsp3) is 0.409. The van der Waals surface area contributed by atoms with Crippen LogP contribution in [0.2, 0.25) is 0 Å². The Kier molecular flexibility index (Phi) is 8.25. The molecule has 0 fully saturated rings. The van der Waals surface area contributed by atoms with E-state index in [0.29, 0.717) is 13.0 Å². The molecule has 0 aliphatic rings. The Balaban J connectivity index is 2.01. The van der Waals surface area contributed by atoms with Crippen molar-refractivity contribution in [3.05, 3.63) is 65.7 Å². The second-order valence-corrected chi connectivity index (χ2v) is 9.55. The smallest absolute Gasteiger partial charge is 0.407 e. The van der Waals surface area contributed by atoms with Gasteiger partial charge in [0.1, 0.15) is 11.4 Å². The molecule has 0 saturated heterocycles. The molecule has 2 aromatic rings. The zero-order valence-electron chi connectivity index (χ0n) is 17.8. The average molecular weight is 436 g/mol. The maximum Gasteiger partial charge on any atom is 0.407 e. The molecule has 1 N–H and O–H groups in total. The molecule has 0 heterocycles. The number of hydrogen-bond acceptors (Lipinski definition) is 6. The minimum Gasteiger partial charge on any atom is -0.444 e. The highest BCUT2D eigenvalue weighted by atomic mass is 32.2. The first-order valence-electron chi connectivity index (χ1n) is 9.60. The van der Waals surface area contributed by atoms with Gasteiger partial charge in [0.15, 0.2) is 0 Å². The van der Waals surface area contributed by atoms with Crippen LogP contribution in [0.4, 0.5) is 4.79 Å². The molecule has 0 spiro atoms. The summed E-state index contributed by atoms with van der Waals surface area (Å²) in [5, 5.41) is 2.85. The molecule has 0 radical (unpaired) electrons. The number of amides is 1. The molecule has 30 heavy (non-hydrogen) atoms. The highest BCUT2D eigenvalue weighted by molar-refractivity contribution is 7.86. The summed E-state index contributed by atoms with van der Waals surface area (Å²) in [5.74, 6) is 0.234. The quantitative estimate of drug-likeness (QED) is 0.604. The summed E-state index contributed by atoms with van der Waals surface area (Å²) < 4.78 is 38.5. The first-order chi connectivity index (χ1) is 14.0. The lowest BCUT2D eigenvalue weighted by molar-refractivity contribution is 0.0429. The second-order valence-electron chi connectivity index (χ2n) is 7.98. The average Bonchev–Trinajstić information content (AvgIpc) is 2.61. The van der Waals surface area contributed by atoms with Crippen molar-refractivity contribution in [3.8, 4) is 5.75 Å². The van der Waals surface area contributed by atoms with Gasteiger partial charge in [-0.3, -0.25) is 0 Å². The van der Waals surface area contributed by atoms with Crippen molar-refractivity contribution in [1.82, 2.24) is 5.32 Å². The van der Waals surface area contributed by atoms with E-state index in [1.807, 2.05) is 30.3 Å². The molecule has 7 nitrogen and oxygen atoms in total. The Hall–Kier alpha value is -2.58. The molecular weight excluding hydrogens is 406 g/mol. The van der Waals surface area contributed by atoms with Gasteiger partial charge in [-0.1, -0.05) is 42.5 Å². The van der Waals surface area contributed by atoms with Gasteiger partial charge in [-0.15, -0.1) is 0 Å². The number of rotatable bonds is 9. The fourth-order valence-corrected chi connectivity index (χ4v) is 3.12. The Morgan fingerprint density at radius 3 is 2.20 bits per heavy atom. The van der Waals surface area contributed by atoms with E-state index < -0.39 is 21.8 Å². The third-order valence-corrected chi connectivity index (χ3v) is 4.30. The summed E-state index contributed by atoms with van der Waals surface area (Å²) >= 11 is 0. The number of benzene rings is 2. The molecule has 8 heteroatoms. The lowest BCUT2D eigenvalue weighted by Gasteiger charge is -2.24. The fourth-order valence-electron chi connectivity index (χ4n) is 2.66. The van der Waals surface area contributed by atoms with E-state index in [-0.39, 0.29) is 18.4 Å². The minimum atomic E-state index is -3.58. The third-order valence-electron chi connectivity index (χ3n) is 3.80. The van der Waals surface area contributed by atoms with Crippen molar-refractivity contribution in [2.24, 2.45) is 0 Å². The molecule has 0 saturated carbocycles. The van der Waals surface area contributed by atoms with Crippen LogP contribution in [0.1, 0.15) is 31.9 Å². The summed E-state index contributed by atoms with van der Waals surface area (Å²) in [6.45, 7) is 6.11. The monoisotopic (exact) mass is 435 g/mol. The zero-order chi connectivity index (χ0) is 22.2. The Labute approximate surface area is 178 Å². The van der Waals surface area contributed by atoms with E-state index >= 15 is 0 Å². The summed E-state index contributed by atoms with van der Waals surface area (Å²) in [6.07, 6.45) is 0.951. The largest absolute Gasteiger partial charge is 0.444 e. The van der Waals surface area contributed by atoms with Gasteiger partial charge >= 0.3 is 16.2 Å². The van der Waals surface area contributed by atoms with Crippen LogP contribution in [0.15, 0.2) is 54.6 Å². The number of ether oxygens (including phenoxy) is 2. The van der Waals surface area contributed by atoms with Crippen LogP contribution in [0, 0.1) is 0 Å². The van der Waals surface area contributed by atoms with Crippen molar-refractivity contribution in [3.63, 3.8) is 0 Å². The molecule has 0 aromatic heterocycles. The van der Waals surface area contributed by atoms with E-state index in [4.69, 9.17) is 13.7 Å². The van der Waals surface area contributed by atoms with Gasteiger partial charge in [0, 0.05) is 0 Å². The van der Waals surface area contributed by atoms with Crippen LogP contribution in [0.3, 0.4) is 0 Å². The molecule has 0 aliphatic carbocycles. The first kappa shape index (κ1) is 23.7. The molecule has 164 valence electrons. The van der Waals surface area contributed by atoms with Crippen LogP contribution in [0.5, 0.6) is 5.75 Å². The van der Waals surface area contributed by atoms with Gasteiger partial charge in [-0.05, 0) is 50.5 Å². The standard InChI is InChI=1S/C22H29NO6S/c1-22(2,3)28-21(24)23-19(16-27-15-18-8-6-5-7-9-18)14-17-10-12-20(13-11-17)29-30(4,25)26/h5-13,19H,14-16H2,1-4H3,(H,23,24). The molecule has 0 aliphatic heterocycles. The lowest BCUT2D eigenvalue weighted by atomic mass is 10.1. The Morgan fingerprint density at radius 1 is 1.00 bits per heavy atom. The van der Waals surface area contributed by atoms with Crippen molar-refractivity contribution >= 4 is 16.2 Å². The van der Waals surface area contributed by atoms with E-state index in [1.165, 1.54) is 0 Å². The van der Waals surface area contributed by atoms with E-state index in [9.17, 15) is 13.2 Å². The normalized spacial score (nSPS) is 12.8. The van der Waals surface area contributed by atoms with Crippen molar-refractivity contribution < 1.29 is 26.9 Å². The van der Waals surface area contributed by atoms with E-state index in [2.05, 4.69) is 5.32 Å². The summed E-state index contributed by atoms with van der Waals surface area (Å²) in [5.41, 5.74) is 1.32. The number of nitrogens with one attached hydrogen (secondary N) is 1. The lowest BCUT2D eigenvalue weighted by Crippen LogP contribution is -2.42. The minimum absolute atomic E-state index is 0.234. The Bertz CT molecular complexity index is 905. The number of carbonyl (C=O) groups excluding carboxylic acids is 1. The summed E-state index contributed by atoms with van der Waals surface area (Å²) in [7, 11) is -3.58. The SMILES string of the molecule is CC(C)(C)OC(=O)NC(COCc1ccccc1)Cc1ccc(OS(C)(=O)=O)cc1. The van der Waals surface area contributed by atoms with Crippen LogP contribution in [0.25, 0.3) is 0 Å². The van der Waals surface area contributed by atoms with Crippen molar-refractivity contribution in [2.45, 2.75) is 45.4 Å². The number of carbonyl (C=O) groups is 1. The van der Waals surface area contributed by atoms with Gasteiger partial charge in [0.25, 0.3) is 0 Å². The molecule has 1 amide bonds. The van der Waals surface area contributed by atoms with Gasteiger partial charge in [-0.2, -0.15) is 8.42 Å². The zero-order valence-corrected chi connectivity index (χ0v) is 18.6. The van der Waals surface area contributed by atoms with Crippen LogP contribution in [-0.2, 0) is 32.6 Å². The van der Waals surface area contributed by atoms with Gasteiger partial charge in [0.2, 0.25) is 0 Å². The topological polar surface area (TPSA) is 90.9 Å². The van der Waals surface area contributed by atoms with Gasteiger partial charge < -0.3 is 19.0 Å². The Morgan fingerprint density at radius 2 is 1.63 bits per heavy atom. The van der Waals surface area contributed by atoms with Crippen LogP contribution < -0.4 is 9.50 Å². The van der Waals surface area contributed by atoms with E-state index in [1.54, 1.807) is 45.0 Å². The van der Waals surface area contributed by atoms with Crippen LogP contribution >= 0.6 is 0 Å². The molecule has 1 atom stereocenters. The highest BCUT2D eigenvalue weighted by Crippen LogP contribution is 2.16. The second kappa shape index (κ2) is 10.4. The first-order valence-corrected chi connectivity index (χ1v) is 11.4. The maximum absolute atomic E-state index is 12.2. The number of hydrogen-bond donors (Lipinski definition) is 1. The van der Waals surface area contributed by atoms with Gasteiger partial charge in [0.05, 0.1) is 25.5 Å². The molecular formula is C22H29NO6S. The molecule has 1 unspecified atom stereocenters. The third kappa shape index (κ3) is 9.76. The predicted molar refractivity (Wildman–Crippen MR) is 115 cm³/mol. The predicted octanol–water partition coefficient (Wildman–Crippen LogP) is 3.68. The van der Waals surface area contributed by atoms with Crippen molar-refractivity contribution in [1.29, 1.82) is 0 Å². The van der Waals surface area contributed by atoms with Crippen molar-refractivity contribution in [2.75, 3.05) is 12.9 Å². The maximum atomic E-state index is 12.2. The molecule has 2 aromatic carbocycles. The van der Waals surface area contributed by atoms with Gasteiger partial charge in [-0.25, -0.2) is 4.79 Å². The highest BCUT2D eigenvalue weighted by Gasteiger charge is 2.20. The van der Waals surface area contributed by atoms with Crippen LogP contribution in [-0.4, -0.2) is 39.0 Å². The summed E-state index contributed by atoms with van der Waals surface area (Å²) in [4.78, 5) is 12.2.